The predicted molar refractivity (Wildman–Crippen MR) is 109 cm³/mol. The van der Waals surface area contributed by atoms with Gasteiger partial charge in [0.05, 0.1) is 11.4 Å². The van der Waals surface area contributed by atoms with Crippen molar-refractivity contribution < 1.29 is 17.9 Å². The molecule has 2 heterocycles. The summed E-state index contributed by atoms with van der Waals surface area (Å²) in [5, 5.41) is 4.91. The van der Waals surface area contributed by atoms with E-state index in [1.165, 1.54) is 6.07 Å². The lowest BCUT2D eigenvalue weighted by Gasteiger charge is -2.12. The van der Waals surface area contributed by atoms with Crippen molar-refractivity contribution in [3.8, 4) is 17.0 Å². The van der Waals surface area contributed by atoms with Crippen molar-refractivity contribution in [2.24, 2.45) is 0 Å². The largest absolute Gasteiger partial charge is 0.489 e. The topological polar surface area (TPSA) is 39.4 Å². The van der Waals surface area contributed by atoms with Crippen molar-refractivity contribution in [1.82, 2.24) is 14.6 Å². The highest BCUT2D eigenvalue weighted by Gasteiger charge is 2.35. The van der Waals surface area contributed by atoms with Crippen LogP contribution in [0.1, 0.15) is 17.0 Å². The van der Waals surface area contributed by atoms with E-state index in [-0.39, 0.29) is 17.9 Å². The lowest BCUT2D eigenvalue weighted by atomic mass is 10.1. The number of hydrogen-bond acceptors (Lipinski definition) is 3. The molecule has 0 saturated heterocycles. The standard InChI is InChI=1S/C21H14Cl2F3N3O/c1-12-8-20-27-18(10-19(21(24,25)26)29(20)28-12)13-3-6-16(7-4-13)30-11-14-2-5-15(22)9-17(14)23/h2-10H,11H2,1H3. The molecule has 0 bridgehead atoms. The van der Waals surface area contributed by atoms with Crippen molar-refractivity contribution >= 4 is 28.8 Å². The van der Waals surface area contributed by atoms with Gasteiger partial charge in [-0.2, -0.15) is 18.3 Å². The monoisotopic (exact) mass is 451 g/mol. The fraction of sp³-hybridized carbons (Fsp3) is 0.143. The van der Waals surface area contributed by atoms with Gasteiger partial charge in [0.25, 0.3) is 0 Å². The summed E-state index contributed by atoms with van der Waals surface area (Å²) in [4.78, 5) is 4.31. The number of aryl methyl sites for hydroxylation is 1. The molecule has 9 heteroatoms. The first-order valence-electron chi connectivity index (χ1n) is 8.82. The van der Waals surface area contributed by atoms with E-state index in [0.29, 0.717) is 27.1 Å². The Kier molecular flexibility index (Phi) is 5.34. The van der Waals surface area contributed by atoms with Crippen LogP contribution in [0.25, 0.3) is 16.9 Å². The van der Waals surface area contributed by atoms with Crippen molar-refractivity contribution in [2.45, 2.75) is 19.7 Å². The van der Waals surface area contributed by atoms with Gasteiger partial charge in [0.1, 0.15) is 12.4 Å². The van der Waals surface area contributed by atoms with Crippen LogP contribution in [0.15, 0.2) is 54.6 Å². The van der Waals surface area contributed by atoms with E-state index < -0.39 is 11.9 Å². The van der Waals surface area contributed by atoms with Gasteiger partial charge in [0.2, 0.25) is 0 Å². The van der Waals surface area contributed by atoms with E-state index in [1.807, 2.05) is 0 Å². The molecular weight excluding hydrogens is 438 g/mol. The van der Waals surface area contributed by atoms with Crippen LogP contribution in [0.4, 0.5) is 13.2 Å². The Morgan fingerprint density at radius 3 is 2.40 bits per heavy atom. The van der Waals surface area contributed by atoms with E-state index in [9.17, 15) is 13.2 Å². The summed E-state index contributed by atoms with van der Waals surface area (Å²) in [6.07, 6.45) is -4.56. The van der Waals surface area contributed by atoms with Gasteiger partial charge in [-0.05, 0) is 49.4 Å². The van der Waals surface area contributed by atoms with E-state index in [2.05, 4.69) is 10.1 Å². The van der Waals surface area contributed by atoms with Crippen molar-refractivity contribution in [3.63, 3.8) is 0 Å². The average Bonchev–Trinajstić information content (AvgIpc) is 3.06. The molecule has 0 spiro atoms. The Hall–Kier alpha value is -2.77. The fourth-order valence-electron chi connectivity index (χ4n) is 2.96. The smallest absolute Gasteiger partial charge is 0.433 e. The molecular formula is C21H14Cl2F3N3O. The van der Waals surface area contributed by atoms with Crippen LogP contribution in [0.2, 0.25) is 10.0 Å². The van der Waals surface area contributed by atoms with E-state index in [4.69, 9.17) is 27.9 Å². The molecule has 0 aliphatic rings. The van der Waals surface area contributed by atoms with Gasteiger partial charge in [-0.3, -0.25) is 0 Å². The average molecular weight is 452 g/mol. The lowest BCUT2D eigenvalue weighted by molar-refractivity contribution is -0.142. The highest BCUT2D eigenvalue weighted by Crippen LogP contribution is 2.33. The molecule has 154 valence electrons. The number of hydrogen-bond donors (Lipinski definition) is 0. The number of fused-ring (bicyclic) bond motifs is 1. The molecule has 4 nitrogen and oxygen atoms in total. The molecule has 0 aliphatic heterocycles. The third-order valence-electron chi connectivity index (χ3n) is 4.40. The highest BCUT2D eigenvalue weighted by atomic mass is 35.5. The van der Waals surface area contributed by atoms with Gasteiger partial charge in [-0.1, -0.05) is 29.3 Å². The molecule has 0 N–H and O–H groups in total. The summed E-state index contributed by atoms with van der Waals surface area (Å²) in [6.45, 7) is 1.85. The molecule has 0 amide bonds. The zero-order chi connectivity index (χ0) is 21.5. The number of alkyl halides is 3. The normalized spacial score (nSPS) is 11.8. The molecule has 0 radical (unpaired) electrons. The van der Waals surface area contributed by atoms with Crippen molar-refractivity contribution in [3.05, 3.63) is 81.6 Å². The van der Waals surface area contributed by atoms with Crippen molar-refractivity contribution in [2.75, 3.05) is 0 Å². The first-order valence-corrected chi connectivity index (χ1v) is 9.58. The molecule has 30 heavy (non-hydrogen) atoms. The summed E-state index contributed by atoms with van der Waals surface area (Å²) in [5.74, 6) is 0.544. The minimum absolute atomic E-state index is 0.134. The number of aromatic nitrogens is 3. The second-order valence-corrected chi connectivity index (χ2v) is 7.47. The quantitative estimate of drug-likeness (QED) is 0.350. The number of halogens is 5. The molecule has 0 fully saturated rings. The minimum atomic E-state index is -4.56. The van der Waals surface area contributed by atoms with Crippen LogP contribution in [0.5, 0.6) is 5.75 Å². The van der Waals surface area contributed by atoms with Crippen LogP contribution in [0, 0.1) is 6.92 Å². The maximum Gasteiger partial charge on any atom is 0.433 e. The van der Waals surface area contributed by atoms with Gasteiger partial charge in [0, 0.05) is 27.2 Å². The van der Waals surface area contributed by atoms with Crippen LogP contribution in [0.3, 0.4) is 0 Å². The molecule has 0 unspecified atom stereocenters. The van der Waals surface area contributed by atoms with Gasteiger partial charge >= 0.3 is 6.18 Å². The molecule has 0 atom stereocenters. The van der Waals surface area contributed by atoms with Crippen LogP contribution in [-0.2, 0) is 12.8 Å². The van der Waals surface area contributed by atoms with Crippen LogP contribution >= 0.6 is 23.2 Å². The third-order valence-corrected chi connectivity index (χ3v) is 4.99. The predicted octanol–water partition coefficient (Wildman–Crippen LogP) is 6.61. The van der Waals surface area contributed by atoms with Gasteiger partial charge in [-0.15, -0.1) is 0 Å². The molecule has 2 aromatic carbocycles. The Morgan fingerprint density at radius 2 is 1.73 bits per heavy atom. The SMILES string of the molecule is Cc1cc2nc(-c3ccc(OCc4ccc(Cl)cc4Cl)cc3)cc(C(F)(F)F)n2n1. The van der Waals surface area contributed by atoms with E-state index in [1.54, 1.807) is 49.4 Å². The zero-order valence-corrected chi connectivity index (χ0v) is 17.1. The summed E-state index contributed by atoms with van der Waals surface area (Å²) in [7, 11) is 0. The summed E-state index contributed by atoms with van der Waals surface area (Å²) >= 11 is 12.0. The molecule has 4 rings (SSSR count). The Bertz CT molecular complexity index is 1220. The van der Waals surface area contributed by atoms with Crippen molar-refractivity contribution in [1.29, 1.82) is 0 Å². The fourth-order valence-corrected chi connectivity index (χ4v) is 3.42. The minimum Gasteiger partial charge on any atom is -0.489 e. The number of rotatable bonds is 4. The van der Waals surface area contributed by atoms with Gasteiger partial charge in [0.15, 0.2) is 11.3 Å². The Labute approximate surface area is 179 Å². The van der Waals surface area contributed by atoms with Crippen LogP contribution in [-0.4, -0.2) is 14.6 Å². The van der Waals surface area contributed by atoms with Gasteiger partial charge in [-0.25, -0.2) is 9.50 Å². The highest BCUT2D eigenvalue weighted by molar-refractivity contribution is 6.35. The van der Waals surface area contributed by atoms with Gasteiger partial charge < -0.3 is 4.74 Å². The second kappa shape index (κ2) is 7.81. The lowest BCUT2D eigenvalue weighted by Crippen LogP contribution is -2.13. The maximum atomic E-state index is 13.5. The molecule has 4 aromatic rings. The number of benzene rings is 2. The molecule has 0 saturated carbocycles. The molecule has 0 aliphatic carbocycles. The van der Waals surface area contributed by atoms with E-state index >= 15 is 0 Å². The Balaban J connectivity index is 1.60. The number of nitrogens with zero attached hydrogens (tertiary/aromatic N) is 3. The maximum absolute atomic E-state index is 13.5. The summed E-state index contributed by atoms with van der Waals surface area (Å²) in [6, 6.07) is 14.2. The summed E-state index contributed by atoms with van der Waals surface area (Å²) < 4.78 is 47.0. The summed E-state index contributed by atoms with van der Waals surface area (Å²) in [5.41, 5.74) is 1.20. The first kappa shape index (κ1) is 20.5. The second-order valence-electron chi connectivity index (χ2n) is 6.63. The Morgan fingerprint density at radius 1 is 1.00 bits per heavy atom. The number of ether oxygens (including phenoxy) is 1. The zero-order valence-electron chi connectivity index (χ0n) is 15.5. The van der Waals surface area contributed by atoms with Crippen LogP contribution < -0.4 is 4.74 Å². The third kappa shape index (κ3) is 4.22. The first-order chi connectivity index (χ1) is 14.2. The molecule has 2 aromatic heterocycles. The van der Waals surface area contributed by atoms with E-state index in [0.717, 1.165) is 16.1 Å².